The summed E-state index contributed by atoms with van der Waals surface area (Å²) >= 11 is 0. The van der Waals surface area contributed by atoms with Gasteiger partial charge in [-0.15, -0.1) is 0 Å². The van der Waals surface area contributed by atoms with Crippen molar-refractivity contribution in [1.29, 1.82) is 0 Å². The van der Waals surface area contributed by atoms with Crippen LogP contribution in [0, 0.1) is 37.8 Å². The van der Waals surface area contributed by atoms with E-state index in [2.05, 4.69) is 10.6 Å². The number of nitro benzene ring substituents is 1. The first kappa shape index (κ1) is 25.6. The van der Waals surface area contributed by atoms with E-state index in [-0.39, 0.29) is 37.1 Å². The maximum absolute atomic E-state index is 12.9. The lowest BCUT2D eigenvalue weighted by Gasteiger charge is -2.22. The standard InChI is InChI=1S/C27H30N4O4/c1-18-8-5-9-19(2)26(18)28-24(32)16-30(15-22-12-7-13-23(14-22)31(34)35)17-25(33)29-27-20(3)10-6-11-21(27)4/h5-14H,15-17H2,1-4H3,(H,28,32)(H,29,33). The van der Waals surface area contributed by atoms with Crippen LogP contribution in [0.3, 0.4) is 0 Å². The van der Waals surface area contributed by atoms with Crippen molar-refractivity contribution in [2.24, 2.45) is 0 Å². The first-order valence-electron chi connectivity index (χ1n) is 11.3. The molecule has 2 amide bonds. The highest BCUT2D eigenvalue weighted by molar-refractivity contribution is 5.96. The van der Waals surface area contributed by atoms with Gasteiger partial charge in [0.1, 0.15) is 0 Å². The number of hydrogen-bond donors (Lipinski definition) is 2. The van der Waals surface area contributed by atoms with Gasteiger partial charge < -0.3 is 10.6 Å². The molecule has 2 N–H and O–H groups in total. The Morgan fingerprint density at radius 3 is 1.63 bits per heavy atom. The Bertz CT molecular complexity index is 1150. The number of hydrogen-bond acceptors (Lipinski definition) is 5. The molecule has 0 saturated carbocycles. The molecule has 0 bridgehead atoms. The second kappa shape index (κ2) is 11.4. The molecule has 3 rings (SSSR count). The van der Waals surface area contributed by atoms with Crippen molar-refractivity contribution < 1.29 is 14.5 Å². The summed E-state index contributed by atoms with van der Waals surface area (Å²) in [7, 11) is 0. The number of nitro groups is 1. The Balaban J connectivity index is 1.79. The van der Waals surface area contributed by atoms with Gasteiger partial charge in [-0.3, -0.25) is 24.6 Å². The summed E-state index contributed by atoms with van der Waals surface area (Å²) in [4.78, 5) is 38.3. The molecule has 0 atom stereocenters. The fourth-order valence-electron chi connectivity index (χ4n) is 3.98. The summed E-state index contributed by atoms with van der Waals surface area (Å²) in [6.07, 6.45) is 0. The molecule has 0 saturated heterocycles. The number of benzene rings is 3. The minimum absolute atomic E-state index is 0.0394. The lowest BCUT2D eigenvalue weighted by Crippen LogP contribution is -2.38. The van der Waals surface area contributed by atoms with E-state index in [1.54, 1.807) is 17.0 Å². The van der Waals surface area contributed by atoms with E-state index in [1.165, 1.54) is 12.1 Å². The number of aryl methyl sites for hydroxylation is 4. The summed E-state index contributed by atoms with van der Waals surface area (Å²) in [5, 5.41) is 17.1. The highest BCUT2D eigenvalue weighted by Crippen LogP contribution is 2.21. The van der Waals surface area contributed by atoms with Crippen LogP contribution in [0.2, 0.25) is 0 Å². The van der Waals surface area contributed by atoms with Crippen LogP contribution in [0.1, 0.15) is 27.8 Å². The zero-order valence-electron chi connectivity index (χ0n) is 20.4. The molecule has 182 valence electrons. The fourth-order valence-corrected chi connectivity index (χ4v) is 3.98. The molecule has 0 unspecified atom stereocenters. The van der Waals surface area contributed by atoms with E-state index >= 15 is 0 Å². The minimum atomic E-state index is -0.463. The van der Waals surface area contributed by atoms with Gasteiger partial charge in [0.05, 0.1) is 18.0 Å². The Kier molecular flexibility index (Phi) is 8.33. The summed E-state index contributed by atoms with van der Waals surface area (Å²) in [5.41, 5.74) is 5.85. The number of rotatable bonds is 9. The van der Waals surface area contributed by atoms with Gasteiger partial charge in [-0.25, -0.2) is 0 Å². The summed E-state index contributed by atoms with van der Waals surface area (Å²) in [5.74, 6) is -0.541. The number of carbonyl (C=O) groups excluding carboxylic acids is 2. The van der Waals surface area contributed by atoms with Gasteiger partial charge in [0.25, 0.3) is 5.69 Å². The van der Waals surface area contributed by atoms with Crippen LogP contribution in [0.25, 0.3) is 0 Å². The Labute approximate surface area is 205 Å². The van der Waals surface area contributed by atoms with E-state index in [0.717, 1.165) is 33.6 Å². The number of anilines is 2. The molecule has 0 radical (unpaired) electrons. The minimum Gasteiger partial charge on any atom is -0.324 e. The molecule has 0 aromatic heterocycles. The number of non-ortho nitro benzene ring substituents is 1. The third kappa shape index (κ3) is 6.97. The third-order valence-corrected chi connectivity index (χ3v) is 5.75. The van der Waals surface area contributed by atoms with Crippen molar-refractivity contribution in [1.82, 2.24) is 4.90 Å². The molecular weight excluding hydrogens is 444 g/mol. The first-order valence-corrected chi connectivity index (χ1v) is 11.3. The Morgan fingerprint density at radius 1 is 0.771 bits per heavy atom. The van der Waals surface area contributed by atoms with E-state index < -0.39 is 4.92 Å². The average molecular weight is 475 g/mol. The number of carbonyl (C=O) groups is 2. The molecular formula is C27H30N4O4. The largest absolute Gasteiger partial charge is 0.324 e. The molecule has 3 aromatic carbocycles. The van der Waals surface area contributed by atoms with Gasteiger partial charge in [0.2, 0.25) is 11.8 Å². The molecule has 8 nitrogen and oxygen atoms in total. The third-order valence-electron chi connectivity index (χ3n) is 5.75. The van der Waals surface area contributed by atoms with Crippen LogP contribution in [0.4, 0.5) is 17.1 Å². The predicted octanol–water partition coefficient (Wildman–Crippen LogP) is 4.91. The van der Waals surface area contributed by atoms with Crippen molar-refractivity contribution in [2.45, 2.75) is 34.2 Å². The molecule has 3 aromatic rings. The summed E-state index contributed by atoms with van der Waals surface area (Å²) < 4.78 is 0. The van der Waals surface area contributed by atoms with Crippen molar-refractivity contribution in [3.63, 3.8) is 0 Å². The highest BCUT2D eigenvalue weighted by atomic mass is 16.6. The van der Waals surface area contributed by atoms with Gasteiger partial charge in [-0.1, -0.05) is 48.5 Å². The highest BCUT2D eigenvalue weighted by Gasteiger charge is 2.18. The Hall–Kier alpha value is -4.04. The van der Waals surface area contributed by atoms with Crippen LogP contribution in [-0.4, -0.2) is 34.7 Å². The number of nitrogens with one attached hydrogen (secondary N) is 2. The van der Waals surface area contributed by atoms with Gasteiger partial charge in [0.15, 0.2) is 0 Å². The maximum Gasteiger partial charge on any atom is 0.269 e. The van der Waals surface area contributed by atoms with E-state index in [4.69, 9.17) is 0 Å². The normalized spacial score (nSPS) is 10.8. The van der Waals surface area contributed by atoms with Crippen molar-refractivity contribution in [3.8, 4) is 0 Å². The number of para-hydroxylation sites is 2. The fraction of sp³-hybridized carbons (Fsp3) is 0.259. The van der Waals surface area contributed by atoms with Gasteiger partial charge in [-0.2, -0.15) is 0 Å². The second-order valence-corrected chi connectivity index (χ2v) is 8.70. The van der Waals surface area contributed by atoms with Gasteiger partial charge in [-0.05, 0) is 55.5 Å². The molecule has 0 heterocycles. The average Bonchev–Trinajstić information content (AvgIpc) is 2.79. The SMILES string of the molecule is Cc1cccc(C)c1NC(=O)CN(CC(=O)Nc1c(C)cccc1C)Cc1cccc([N+](=O)[O-])c1. The van der Waals surface area contributed by atoms with Gasteiger partial charge in [0, 0.05) is 30.1 Å². The number of amides is 2. The van der Waals surface area contributed by atoms with Crippen molar-refractivity contribution in [3.05, 3.63) is 98.6 Å². The zero-order valence-corrected chi connectivity index (χ0v) is 20.4. The monoisotopic (exact) mass is 474 g/mol. The molecule has 0 aliphatic heterocycles. The smallest absolute Gasteiger partial charge is 0.269 e. The molecule has 35 heavy (non-hydrogen) atoms. The summed E-state index contributed by atoms with van der Waals surface area (Å²) in [6, 6.07) is 17.7. The lowest BCUT2D eigenvalue weighted by molar-refractivity contribution is -0.384. The lowest BCUT2D eigenvalue weighted by atomic mass is 10.1. The second-order valence-electron chi connectivity index (χ2n) is 8.70. The van der Waals surface area contributed by atoms with Gasteiger partial charge >= 0.3 is 0 Å². The molecule has 8 heteroatoms. The van der Waals surface area contributed by atoms with E-state index in [0.29, 0.717) is 5.56 Å². The first-order chi connectivity index (χ1) is 16.6. The quantitative estimate of drug-likeness (QED) is 0.339. The predicted molar refractivity (Wildman–Crippen MR) is 137 cm³/mol. The molecule has 0 aliphatic rings. The van der Waals surface area contributed by atoms with Crippen LogP contribution < -0.4 is 10.6 Å². The van der Waals surface area contributed by atoms with E-state index in [9.17, 15) is 19.7 Å². The zero-order chi connectivity index (χ0) is 25.5. The summed E-state index contributed by atoms with van der Waals surface area (Å²) in [6.45, 7) is 7.75. The topological polar surface area (TPSA) is 105 Å². The van der Waals surface area contributed by atoms with E-state index in [1.807, 2.05) is 64.1 Å². The van der Waals surface area contributed by atoms with Crippen LogP contribution in [0.5, 0.6) is 0 Å². The van der Waals surface area contributed by atoms with Crippen molar-refractivity contribution >= 4 is 28.9 Å². The van der Waals surface area contributed by atoms with Crippen molar-refractivity contribution in [2.75, 3.05) is 23.7 Å². The van der Waals surface area contributed by atoms with Crippen LogP contribution in [0.15, 0.2) is 60.7 Å². The molecule has 0 fully saturated rings. The molecule has 0 spiro atoms. The Morgan fingerprint density at radius 2 is 1.20 bits per heavy atom. The van der Waals surface area contributed by atoms with Crippen LogP contribution >= 0.6 is 0 Å². The number of nitrogens with zero attached hydrogens (tertiary/aromatic N) is 2. The van der Waals surface area contributed by atoms with Crippen LogP contribution in [-0.2, 0) is 16.1 Å². The molecule has 0 aliphatic carbocycles. The maximum atomic E-state index is 12.9.